The highest BCUT2D eigenvalue weighted by atomic mass is 16.5. The zero-order chi connectivity index (χ0) is 32.5. The molecule has 1 atom stereocenters. The van der Waals surface area contributed by atoms with Crippen LogP contribution in [-0.4, -0.2) is 66.5 Å². The number of piperidine rings is 1. The van der Waals surface area contributed by atoms with E-state index in [4.69, 9.17) is 14.2 Å². The Balaban J connectivity index is 1.38. The lowest BCUT2D eigenvalue weighted by Crippen LogP contribution is -2.36. The van der Waals surface area contributed by atoms with Gasteiger partial charge in [0, 0.05) is 24.0 Å². The maximum Gasteiger partial charge on any atom is 0.413 e. The Morgan fingerprint density at radius 2 is 1.67 bits per heavy atom. The predicted octanol–water partition coefficient (Wildman–Crippen LogP) is 7.38. The lowest BCUT2D eigenvalue weighted by molar-refractivity contribution is 0.199. The van der Waals surface area contributed by atoms with Crippen molar-refractivity contribution in [1.82, 2.24) is 14.9 Å². The van der Waals surface area contributed by atoms with Crippen LogP contribution in [0.5, 0.6) is 17.2 Å². The molecule has 0 bridgehead atoms. The van der Waals surface area contributed by atoms with Gasteiger partial charge in [-0.25, -0.2) is 14.7 Å². The molecule has 10 heteroatoms. The molecule has 1 amide bonds. The van der Waals surface area contributed by atoms with Crippen LogP contribution in [0.3, 0.4) is 0 Å². The van der Waals surface area contributed by atoms with Crippen LogP contribution in [0.15, 0.2) is 72.9 Å². The molecule has 4 aromatic rings. The number of ether oxygens (including phenoxy) is 3. The fourth-order valence-electron chi connectivity index (χ4n) is 6.04. The molecule has 0 aliphatic carbocycles. The number of methoxy groups -OCH3 is 2. The maximum absolute atomic E-state index is 13.1. The summed E-state index contributed by atoms with van der Waals surface area (Å²) in [5.41, 5.74) is 4.07. The molecule has 1 unspecified atom stereocenters. The molecule has 2 N–H and O–H groups in total. The van der Waals surface area contributed by atoms with Gasteiger partial charge < -0.3 is 29.5 Å². The monoisotopic (exact) mass is 625 g/mol. The summed E-state index contributed by atoms with van der Waals surface area (Å²) in [7, 11) is 3.14. The summed E-state index contributed by atoms with van der Waals surface area (Å²) in [6, 6.07) is 19.7. The highest BCUT2D eigenvalue weighted by Gasteiger charge is 2.34. The molecule has 1 aliphatic heterocycles. The van der Waals surface area contributed by atoms with E-state index in [1.165, 1.54) is 37.3 Å². The van der Waals surface area contributed by atoms with Crippen molar-refractivity contribution in [1.29, 1.82) is 0 Å². The molecule has 1 aliphatic rings. The minimum absolute atomic E-state index is 0.205. The van der Waals surface area contributed by atoms with Gasteiger partial charge in [0.15, 0.2) is 0 Å². The number of hydrogen-bond donors (Lipinski definition) is 2. The molecule has 0 saturated carbocycles. The van der Waals surface area contributed by atoms with Crippen LogP contribution in [0.2, 0.25) is 0 Å². The van der Waals surface area contributed by atoms with Gasteiger partial charge in [-0.3, -0.25) is 0 Å². The molecule has 1 aromatic heterocycles. The zero-order valence-corrected chi connectivity index (χ0v) is 27.0. The minimum atomic E-state index is -1.18. The van der Waals surface area contributed by atoms with E-state index >= 15 is 0 Å². The van der Waals surface area contributed by atoms with E-state index in [2.05, 4.69) is 20.2 Å². The van der Waals surface area contributed by atoms with Gasteiger partial charge in [-0.1, -0.05) is 24.6 Å². The van der Waals surface area contributed by atoms with Gasteiger partial charge in [-0.15, -0.1) is 0 Å². The van der Waals surface area contributed by atoms with E-state index in [9.17, 15) is 9.90 Å². The predicted molar refractivity (Wildman–Crippen MR) is 180 cm³/mol. The molecule has 10 nitrogen and oxygen atoms in total. The van der Waals surface area contributed by atoms with Gasteiger partial charge in [0.25, 0.3) is 0 Å². The average molecular weight is 626 g/mol. The molecule has 1 fully saturated rings. The normalized spacial score (nSPS) is 13.9. The van der Waals surface area contributed by atoms with Gasteiger partial charge in [0.05, 0.1) is 26.9 Å². The molecule has 0 spiro atoms. The van der Waals surface area contributed by atoms with Crippen molar-refractivity contribution in [3.05, 3.63) is 95.2 Å². The first-order valence-corrected chi connectivity index (χ1v) is 15.7. The lowest BCUT2D eigenvalue weighted by Gasteiger charge is -2.32. The number of amides is 1. The molecule has 242 valence electrons. The van der Waals surface area contributed by atoms with E-state index in [1.807, 2.05) is 62.4 Å². The van der Waals surface area contributed by atoms with Crippen molar-refractivity contribution >= 4 is 23.5 Å². The molecular weight excluding hydrogens is 582 g/mol. The molecule has 1 saturated heterocycles. The minimum Gasteiger partial charge on any atom is -0.497 e. The molecular formula is C36H43N5O5. The smallest absolute Gasteiger partial charge is 0.413 e. The fourth-order valence-corrected chi connectivity index (χ4v) is 6.04. The third kappa shape index (κ3) is 7.87. The SMILES string of the molecule is COc1ccc(OC)c(C(c2c(C)cccc2C)N(C(=O)O)c2ccnc(Nc3ccc(OCCCN4CCCCC4)cc3)n2)c1. The zero-order valence-electron chi connectivity index (χ0n) is 27.0. The lowest BCUT2D eigenvalue weighted by atomic mass is 9.89. The molecule has 3 aromatic carbocycles. The van der Waals surface area contributed by atoms with E-state index in [0.29, 0.717) is 23.7 Å². The van der Waals surface area contributed by atoms with Crippen molar-refractivity contribution in [2.24, 2.45) is 0 Å². The van der Waals surface area contributed by atoms with Crippen LogP contribution in [-0.2, 0) is 0 Å². The van der Waals surface area contributed by atoms with Gasteiger partial charge >= 0.3 is 6.09 Å². The van der Waals surface area contributed by atoms with Gasteiger partial charge in [0.2, 0.25) is 5.95 Å². The second kappa shape index (κ2) is 15.4. The molecule has 2 heterocycles. The number of carboxylic acid groups (broad SMARTS) is 1. The molecule has 0 radical (unpaired) electrons. The summed E-state index contributed by atoms with van der Waals surface area (Å²) in [5, 5.41) is 13.9. The van der Waals surface area contributed by atoms with Crippen LogP contribution in [0.1, 0.15) is 54.0 Å². The second-order valence-electron chi connectivity index (χ2n) is 11.5. The van der Waals surface area contributed by atoms with Gasteiger partial charge in [0.1, 0.15) is 23.1 Å². The third-order valence-corrected chi connectivity index (χ3v) is 8.35. The number of aromatic nitrogens is 2. The van der Waals surface area contributed by atoms with Crippen molar-refractivity contribution in [2.75, 3.05) is 50.7 Å². The van der Waals surface area contributed by atoms with Gasteiger partial charge in [-0.05, 0) is 111 Å². The van der Waals surface area contributed by atoms with Crippen molar-refractivity contribution in [2.45, 2.75) is 45.6 Å². The number of hydrogen-bond acceptors (Lipinski definition) is 8. The van der Waals surface area contributed by atoms with E-state index in [1.54, 1.807) is 38.6 Å². The van der Waals surface area contributed by atoms with Crippen LogP contribution < -0.4 is 24.4 Å². The Morgan fingerprint density at radius 1 is 0.957 bits per heavy atom. The first-order valence-electron chi connectivity index (χ1n) is 15.7. The number of nitrogens with zero attached hydrogens (tertiary/aromatic N) is 4. The topological polar surface area (TPSA) is 109 Å². The molecule has 5 rings (SSSR count). The number of benzene rings is 3. The standard InChI is InChI=1S/C36H43N5O5/c1-25-10-8-11-26(2)33(25)34(30-24-29(44-3)16-17-31(30)45-4)41(36(42)43)32-18-19-37-35(39-32)38-27-12-14-28(15-13-27)46-23-9-22-40-20-6-5-7-21-40/h8,10-19,24,34H,5-7,9,20-23H2,1-4H3,(H,42,43)(H,37,38,39). The highest BCUT2D eigenvalue weighted by molar-refractivity contribution is 5.87. The summed E-state index contributed by atoms with van der Waals surface area (Å²) in [4.78, 5) is 25.9. The van der Waals surface area contributed by atoms with E-state index in [0.717, 1.165) is 41.1 Å². The summed E-state index contributed by atoms with van der Waals surface area (Å²) < 4.78 is 17.2. The summed E-state index contributed by atoms with van der Waals surface area (Å²) >= 11 is 0. The third-order valence-electron chi connectivity index (χ3n) is 8.35. The second-order valence-corrected chi connectivity index (χ2v) is 11.5. The first kappa shape index (κ1) is 32.6. The summed E-state index contributed by atoms with van der Waals surface area (Å²) in [6.45, 7) is 8.05. The van der Waals surface area contributed by atoms with Crippen molar-refractivity contribution < 1.29 is 24.1 Å². The first-order chi connectivity index (χ1) is 22.4. The van der Waals surface area contributed by atoms with Crippen LogP contribution in [0, 0.1) is 13.8 Å². The quantitative estimate of drug-likeness (QED) is 0.147. The number of rotatable bonds is 13. The average Bonchev–Trinajstić information content (AvgIpc) is 3.07. The number of nitrogens with one attached hydrogen (secondary N) is 1. The number of aryl methyl sites for hydroxylation is 2. The van der Waals surface area contributed by atoms with E-state index < -0.39 is 12.1 Å². The van der Waals surface area contributed by atoms with Crippen LogP contribution in [0.25, 0.3) is 0 Å². The van der Waals surface area contributed by atoms with Gasteiger partial charge in [-0.2, -0.15) is 4.98 Å². The summed E-state index contributed by atoms with van der Waals surface area (Å²) in [5.74, 6) is 2.37. The number of carbonyl (C=O) groups is 1. The largest absolute Gasteiger partial charge is 0.497 e. The Bertz CT molecular complexity index is 1590. The molecule has 46 heavy (non-hydrogen) atoms. The Labute approximate surface area is 271 Å². The Morgan fingerprint density at radius 3 is 2.35 bits per heavy atom. The van der Waals surface area contributed by atoms with Crippen LogP contribution in [0.4, 0.5) is 22.2 Å². The van der Waals surface area contributed by atoms with Crippen LogP contribution >= 0.6 is 0 Å². The number of anilines is 3. The summed E-state index contributed by atoms with van der Waals surface area (Å²) in [6.07, 6.45) is 5.28. The fraction of sp³-hybridized carbons (Fsp3) is 0.361. The van der Waals surface area contributed by atoms with E-state index in [-0.39, 0.29) is 11.8 Å². The number of likely N-dealkylation sites (tertiary alicyclic amines) is 1. The Kier molecular flexibility index (Phi) is 10.9. The maximum atomic E-state index is 13.1. The van der Waals surface area contributed by atoms with Crippen molar-refractivity contribution in [3.8, 4) is 17.2 Å². The Hall–Kier alpha value is -4.83. The highest BCUT2D eigenvalue weighted by Crippen LogP contribution is 2.41. The van der Waals surface area contributed by atoms with Crippen molar-refractivity contribution in [3.63, 3.8) is 0 Å².